The second kappa shape index (κ2) is 6.75. The van der Waals surface area contributed by atoms with E-state index in [-0.39, 0.29) is 6.03 Å². The normalized spacial score (nSPS) is 27.8. The van der Waals surface area contributed by atoms with Crippen molar-refractivity contribution >= 4 is 6.03 Å². The van der Waals surface area contributed by atoms with Gasteiger partial charge in [0.1, 0.15) is 0 Å². The molecule has 0 radical (unpaired) electrons. The fourth-order valence-electron chi connectivity index (χ4n) is 4.49. The lowest BCUT2D eigenvalue weighted by Crippen LogP contribution is -2.57. The Balaban J connectivity index is 1.25. The third kappa shape index (κ3) is 3.43. The van der Waals surface area contributed by atoms with Crippen molar-refractivity contribution in [2.75, 3.05) is 26.2 Å². The molecule has 1 aromatic heterocycles. The van der Waals surface area contributed by atoms with Gasteiger partial charge < -0.3 is 14.8 Å². The maximum Gasteiger partial charge on any atom is 0.317 e. The first-order chi connectivity index (χ1) is 11.7. The first-order valence-electron chi connectivity index (χ1n) is 9.46. The zero-order chi connectivity index (χ0) is 16.5. The molecule has 1 aliphatic carbocycles. The average molecular weight is 331 g/mol. The van der Waals surface area contributed by atoms with E-state index in [1.165, 1.54) is 32.2 Å². The molecule has 1 N–H and O–H groups in total. The Morgan fingerprint density at radius 3 is 2.92 bits per heavy atom. The summed E-state index contributed by atoms with van der Waals surface area (Å²) in [5, 5.41) is 3.08. The molecule has 132 valence electrons. The molecule has 2 amide bonds. The van der Waals surface area contributed by atoms with Gasteiger partial charge in [-0.15, -0.1) is 0 Å². The van der Waals surface area contributed by atoms with E-state index in [0.29, 0.717) is 12.5 Å². The Morgan fingerprint density at radius 2 is 2.17 bits per heavy atom. The number of carbonyl (C=O) groups is 1. The maximum absolute atomic E-state index is 12.5. The summed E-state index contributed by atoms with van der Waals surface area (Å²) in [6.07, 6.45) is 11.1. The van der Waals surface area contributed by atoms with Gasteiger partial charge in [0.25, 0.3) is 0 Å². The molecule has 1 aromatic rings. The van der Waals surface area contributed by atoms with Crippen LogP contribution in [0.5, 0.6) is 0 Å². The van der Waals surface area contributed by atoms with Crippen LogP contribution in [0.2, 0.25) is 0 Å². The predicted molar refractivity (Wildman–Crippen MR) is 92.7 cm³/mol. The summed E-state index contributed by atoms with van der Waals surface area (Å²) in [6.45, 7) is 3.78. The predicted octanol–water partition coefficient (Wildman–Crippen LogP) is 1.62. The van der Waals surface area contributed by atoms with E-state index in [1.54, 1.807) is 6.33 Å². The fourth-order valence-corrected chi connectivity index (χ4v) is 4.49. The van der Waals surface area contributed by atoms with E-state index in [2.05, 4.69) is 15.2 Å². The number of piperidine rings is 2. The van der Waals surface area contributed by atoms with Gasteiger partial charge in [-0.1, -0.05) is 0 Å². The minimum absolute atomic E-state index is 0.105. The van der Waals surface area contributed by atoms with Gasteiger partial charge in [0, 0.05) is 51.4 Å². The molecule has 2 saturated heterocycles. The third-order valence-corrected chi connectivity index (χ3v) is 5.83. The van der Waals surface area contributed by atoms with Crippen LogP contribution in [0.25, 0.3) is 0 Å². The molecule has 2 unspecified atom stereocenters. The first-order valence-corrected chi connectivity index (χ1v) is 9.46. The molecule has 3 fully saturated rings. The minimum Gasteiger partial charge on any atom is -0.340 e. The molecule has 4 rings (SSSR count). The van der Waals surface area contributed by atoms with Gasteiger partial charge in [-0.3, -0.25) is 4.90 Å². The van der Waals surface area contributed by atoms with Crippen molar-refractivity contribution in [1.82, 2.24) is 24.7 Å². The summed E-state index contributed by atoms with van der Waals surface area (Å²) in [6, 6.07) is 1.69. The molecule has 1 saturated carbocycles. The number of rotatable bonds is 4. The second-order valence-electron chi connectivity index (χ2n) is 7.69. The molecule has 24 heavy (non-hydrogen) atoms. The van der Waals surface area contributed by atoms with Gasteiger partial charge in [0.2, 0.25) is 0 Å². The largest absolute Gasteiger partial charge is 0.340 e. The Bertz CT molecular complexity index is 582. The molecule has 3 aliphatic rings. The highest BCUT2D eigenvalue weighted by molar-refractivity contribution is 5.74. The Morgan fingerprint density at radius 1 is 1.29 bits per heavy atom. The Hall–Kier alpha value is -1.56. The van der Waals surface area contributed by atoms with Crippen molar-refractivity contribution in [1.29, 1.82) is 0 Å². The van der Waals surface area contributed by atoms with Gasteiger partial charge in [0.15, 0.2) is 0 Å². The standard InChI is InChI=1S/C18H29N5O/c1-21-12-15(20-13-21)6-8-19-18(24)22-10-7-17-14(11-22)3-2-9-23(17)16-4-5-16/h12-14,16-17H,2-11H2,1H3,(H,19,24). The van der Waals surface area contributed by atoms with Crippen LogP contribution in [0, 0.1) is 5.92 Å². The number of amides is 2. The molecule has 0 bridgehead atoms. The number of hydrogen-bond acceptors (Lipinski definition) is 3. The highest BCUT2D eigenvalue weighted by Gasteiger charge is 2.42. The molecule has 0 spiro atoms. The smallest absolute Gasteiger partial charge is 0.317 e. The summed E-state index contributed by atoms with van der Waals surface area (Å²) in [7, 11) is 1.97. The van der Waals surface area contributed by atoms with E-state index in [4.69, 9.17) is 0 Å². The molecule has 0 aromatic carbocycles. The zero-order valence-electron chi connectivity index (χ0n) is 14.7. The number of fused-ring (bicyclic) bond motifs is 1. The Labute approximate surface area is 144 Å². The molecular formula is C18H29N5O. The van der Waals surface area contributed by atoms with Crippen LogP contribution >= 0.6 is 0 Å². The van der Waals surface area contributed by atoms with Crippen LogP contribution in [0.15, 0.2) is 12.5 Å². The van der Waals surface area contributed by atoms with Gasteiger partial charge in [-0.05, 0) is 44.6 Å². The van der Waals surface area contributed by atoms with Crippen LogP contribution < -0.4 is 5.32 Å². The first kappa shape index (κ1) is 15.9. The van der Waals surface area contributed by atoms with Gasteiger partial charge in [-0.25, -0.2) is 9.78 Å². The van der Waals surface area contributed by atoms with Crippen LogP contribution in [-0.2, 0) is 13.5 Å². The van der Waals surface area contributed by atoms with Crippen molar-refractivity contribution in [3.8, 4) is 0 Å². The van der Waals surface area contributed by atoms with E-state index in [1.807, 2.05) is 22.7 Å². The summed E-state index contributed by atoms with van der Waals surface area (Å²) < 4.78 is 1.94. The van der Waals surface area contributed by atoms with Crippen molar-refractivity contribution < 1.29 is 4.79 Å². The van der Waals surface area contributed by atoms with Crippen LogP contribution in [0.1, 0.15) is 37.8 Å². The number of imidazole rings is 1. The summed E-state index contributed by atoms with van der Waals surface area (Å²) >= 11 is 0. The summed E-state index contributed by atoms with van der Waals surface area (Å²) in [5.41, 5.74) is 1.03. The van der Waals surface area contributed by atoms with Crippen LogP contribution in [0.3, 0.4) is 0 Å². The van der Waals surface area contributed by atoms with Crippen molar-refractivity contribution in [3.63, 3.8) is 0 Å². The number of carbonyl (C=O) groups excluding carboxylic acids is 1. The number of nitrogens with zero attached hydrogens (tertiary/aromatic N) is 4. The highest BCUT2D eigenvalue weighted by atomic mass is 16.2. The molecule has 2 aliphatic heterocycles. The van der Waals surface area contributed by atoms with Gasteiger partial charge in [0.05, 0.1) is 12.0 Å². The number of nitrogens with one attached hydrogen (secondary N) is 1. The second-order valence-corrected chi connectivity index (χ2v) is 7.69. The monoisotopic (exact) mass is 331 g/mol. The topological polar surface area (TPSA) is 53.4 Å². The third-order valence-electron chi connectivity index (χ3n) is 5.83. The summed E-state index contributed by atoms with van der Waals surface area (Å²) in [5.74, 6) is 0.676. The van der Waals surface area contributed by atoms with Crippen LogP contribution in [0.4, 0.5) is 4.79 Å². The zero-order valence-corrected chi connectivity index (χ0v) is 14.7. The fraction of sp³-hybridized carbons (Fsp3) is 0.778. The quantitative estimate of drug-likeness (QED) is 0.912. The van der Waals surface area contributed by atoms with Crippen molar-refractivity contribution in [3.05, 3.63) is 18.2 Å². The Kier molecular flexibility index (Phi) is 4.48. The van der Waals surface area contributed by atoms with Gasteiger partial charge >= 0.3 is 6.03 Å². The maximum atomic E-state index is 12.5. The number of aryl methyl sites for hydroxylation is 1. The molecule has 6 heteroatoms. The van der Waals surface area contributed by atoms with Crippen molar-refractivity contribution in [2.45, 2.75) is 50.6 Å². The van der Waals surface area contributed by atoms with Crippen LogP contribution in [-0.4, -0.2) is 63.6 Å². The number of aromatic nitrogens is 2. The lowest BCUT2D eigenvalue weighted by Gasteiger charge is -2.47. The highest BCUT2D eigenvalue weighted by Crippen LogP contribution is 2.38. The number of urea groups is 1. The average Bonchev–Trinajstić information content (AvgIpc) is 3.36. The van der Waals surface area contributed by atoms with E-state index in [9.17, 15) is 4.79 Å². The van der Waals surface area contributed by atoms with Gasteiger partial charge in [-0.2, -0.15) is 0 Å². The molecule has 3 heterocycles. The lowest BCUT2D eigenvalue weighted by molar-refractivity contribution is 0.0296. The van der Waals surface area contributed by atoms with E-state index >= 15 is 0 Å². The van der Waals surface area contributed by atoms with E-state index < -0.39 is 0 Å². The SMILES string of the molecule is Cn1cnc(CCNC(=O)N2CCC3C(CCCN3C3CC3)C2)c1. The minimum atomic E-state index is 0.105. The molecule has 2 atom stereocenters. The number of likely N-dealkylation sites (tertiary alicyclic amines) is 2. The summed E-state index contributed by atoms with van der Waals surface area (Å²) in [4.78, 5) is 21.6. The molecular weight excluding hydrogens is 302 g/mol. The van der Waals surface area contributed by atoms with E-state index in [0.717, 1.165) is 43.7 Å². The number of hydrogen-bond donors (Lipinski definition) is 1. The lowest BCUT2D eigenvalue weighted by atomic mass is 9.84. The van der Waals surface area contributed by atoms with Crippen molar-refractivity contribution in [2.24, 2.45) is 13.0 Å². The molecule has 6 nitrogen and oxygen atoms in total.